The monoisotopic (exact) mass is 553 g/mol. The molecule has 11 heteroatoms. The number of aryl methyl sites for hydroxylation is 2. The molecule has 5 aromatic rings. The van der Waals surface area contributed by atoms with Gasteiger partial charge in [-0.15, -0.1) is 0 Å². The van der Waals surface area contributed by atoms with Crippen LogP contribution in [0.1, 0.15) is 28.1 Å². The highest BCUT2D eigenvalue weighted by molar-refractivity contribution is 6.29. The predicted octanol–water partition coefficient (Wildman–Crippen LogP) is 6.11. The molecule has 4 heterocycles. The summed E-state index contributed by atoms with van der Waals surface area (Å²) in [4.78, 5) is 25.9. The molecule has 0 radical (unpaired) electrons. The molecule has 0 saturated heterocycles. The molecule has 0 amide bonds. The van der Waals surface area contributed by atoms with Gasteiger partial charge in [-0.3, -0.25) is 9.78 Å². The fraction of sp³-hybridized carbons (Fsp3) is 0.214. The number of rotatable bonds is 6. The maximum Gasteiger partial charge on any atom is 0.417 e. The molecule has 39 heavy (non-hydrogen) atoms. The van der Waals surface area contributed by atoms with Crippen LogP contribution >= 0.6 is 11.6 Å². The highest BCUT2D eigenvalue weighted by Crippen LogP contribution is 2.34. The summed E-state index contributed by atoms with van der Waals surface area (Å²) < 4.78 is 48.7. The van der Waals surface area contributed by atoms with Gasteiger partial charge in [0, 0.05) is 47.7 Å². The van der Waals surface area contributed by atoms with Crippen LogP contribution in [0, 0.1) is 13.8 Å². The molecule has 5 rings (SSSR count). The molecule has 0 saturated carbocycles. The van der Waals surface area contributed by atoms with Gasteiger partial charge in [-0.1, -0.05) is 23.7 Å². The molecule has 0 aliphatic heterocycles. The van der Waals surface area contributed by atoms with E-state index >= 15 is 0 Å². The second kappa shape index (κ2) is 10.2. The van der Waals surface area contributed by atoms with E-state index in [9.17, 15) is 18.0 Å². The molecule has 0 spiro atoms. The molecule has 200 valence electrons. The number of fused-ring (bicyclic) bond motifs is 1. The first-order valence-corrected chi connectivity index (χ1v) is 12.3. The van der Waals surface area contributed by atoms with Crippen molar-refractivity contribution < 1.29 is 17.9 Å². The third kappa shape index (κ3) is 5.24. The van der Waals surface area contributed by atoms with E-state index in [-0.39, 0.29) is 13.2 Å². The molecule has 0 unspecified atom stereocenters. The van der Waals surface area contributed by atoms with Crippen molar-refractivity contribution in [1.82, 2.24) is 24.1 Å². The van der Waals surface area contributed by atoms with Gasteiger partial charge in [0.2, 0.25) is 0 Å². The number of nitrogens with zero attached hydrogens (tertiary/aromatic N) is 5. The number of alkyl halides is 3. The van der Waals surface area contributed by atoms with Crippen LogP contribution < -0.4 is 10.3 Å². The van der Waals surface area contributed by atoms with Crippen molar-refractivity contribution in [3.8, 4) is 17.1 Å². The molecular weight excluding hydrogens is 531 g/mol. The summed E-state index contributed by atoms with van der Waals surface area (Å²) in [6, 6.07) is 11.0. The lowest BCUT2D eigenvalue weighted by Gasteiger charge is -2.16. The SMILES string of the molecule is Cc1cc(-c2ncc(Cl)n2C)c2cccc(OCc3c(C)ccnc3Cn3cc(C(F)(F)F)ccc3=O)c2n1. The van der Waals surface area contributed by atoms with Gasteiger partial charge in [0.05, 0.1) is 24.0 Å². The molecule has 0 N–H and O–H groups in total. The molecule has 0 atom stereocenters. The number of pyridine rings is 3. The van der Waals surface area contributed by atoms with Crippen LogP contribution in [0.2, 0.25) is 5.15 Å². The Balaban J connectivity index is 1.50. The van der Waals surface area contributed by atoms with E-state index in [1.54, 1.807) is 29.1 Å². The Hall–Kier alpha value is -4.18. The summed E-state index contributed by atoms with van der Waals surface area (Å²) in [7, 11) is 1.83. The van der Waals surface area contributed by atoms with E-state index in [1.165, 1.54) is 0 Å². The Kier molecular flexibility index (Phi) is 6.90. The summed E-state index contributed by atoms with van der Waals surface area (Å²) in [5, 5.41) is 1.32. The molecule has 0 fully saturated rings. The third-order valence-corrected chi connectivity index (χ3v) is 6.84. The van der Waals surface area contributed by atoms with E-state index in [2.05, 4.69) is 9.97 Å². The number of hydrogen-bond donors (Lipinski definition) is 0. The summed E-state index contributed by atoms with van der Waals surface area (Å²) in [5.74, 6) is 1.20. The average Bonchev–Trinajstić information content (AvgIpc) is 3.21. The summed E-state index contributed by atoms with van der Waals surface area (Å²) in [6.07, 6.45) is -0.624. The van der Waals surface area contributed by atoms with Gasteiger partial charge in [0.25, 0.3) is 5.56 Å². The van der Waals surface area contributed by atoms with E-state index in [1.807, 2.05) is 39.1 Å². The van der Waals surface area contributed by atoms with Gasteiger partial charge in [0.1, 0.15) is 28.9 Å². The van der Waals surface area contributed by atoms with Gasteiger partial charge in [-0.2, -0.15) is 13.2 Å². The molecular formula is C28H23ClF3N5O2. The average molecular weight is 554 g/mol. The maximum absolute atomic E-state index is 13.2. The molecule has 1 aromatic carbocycles. The fourth-order valence-corrected chi connectivity index (χ4v) is 4.53. The first kappa shape index (κ1) is 26.4. The maximum atomic E-state index is 13.2. The zero-order valence-corrected chi connectivity index (χ0v) is 22.0. The van der Waals surface area contributed by atoms with Crippen LogP contribution in [0.15, 0.2) is 65.8 Å². The lowest BCUT2D eigenvalue weighted by Crippen LogP contribution is -2.23. The lowest BCUT2D eigenvalue weighted by molar-refractivity contribution is -0.138. The molecule has 4 aromatic heterocycles. The standard InChI is InChI=1S/C28H23ClF3N5O2/c1-16-9-10-33-22(14-37-13-18(28(30,31)32)7-8-25(37)38)21(16)15-39-23-6-4-5-19-20(11-17(2)35-26(19)23)27-34-12-24(29)36(27)3/h4-13H,14-15H2,1-3H3. The Labute approximate surface area is 226 Å². The van der Waals surface area contributed by atoms with Crippen molar-refractivity contribution >= 4 is 22.5 Å². The Morgan fingerprint density at radius 1 is 1.08 bits per heavy atom. The zero-order chi connectivity index (χ0) is 27.9. The van der Waals surface area contributed by atoms with E-state index in [4.69, 9.17) is 21.3 Å². The normalized spacial score (nSPS) is 11.8. The minimum atomic E-state index is -4.57. The topological polar surface area (TPSA) is 74.8 Å². The zero-order valence-electron chi connectivity index (χ0n) is 21.3. The second-order valence-electron chi connectivity index (χ2n) is 9.15. The number of ether oxygens (including phenoxy) is 1. The first-order chi connectivity index (χ1) is 18.5. The number of aromatic nitrogens is 5. The lowest BCUT2D eigenvalue weighted by atomic mass is 10.1. The predicted molar refractivity (Wildman–Crippen MR) is 142 cm³/mol. The second-order valence-corrected chi connectivity index (χ2v) is 9.54. The van der Waals surface area contributed by atoms with Crippen molar-refractivity contribution in [1.29, 1.82) is 0 Å². The molecule has 0 aliphatic carbocycles. The van der Waals surface area contributed by atoms with Crippen LogP contribution in [0.25, 0.3) is 22.3 Å². The number of benzene rings is 1. The summed E-state index contributed by atoms with van der Waals surface area (Å²) in [5.41, 5.74) is 2.70. The number of imidazole rings is 1. The summed E-state index contributed by atoms with van der Waals surface area (Å²) in [6.45, 7) is 3.66. The Morgan fingerprint density at radius 3 is 2.59 bits per heavy atom. The van der Waals surface area contributed by atoms with Crippen molar-refractivity contribution in [2.75, 3.05) is 0 Å². The molecule has 0 aliphatic rings. The van der Waals surface area contributed by atoms with Crippen molar-refractivity contribution in [3.63, 3.8) is 0 Å². The van der Waals surface area contributed by atoms with E-state index in [0.29, 0.717) is 33.5 Å². The van der Waals surface area contributed by atoms with Crippen LogP contribution in [0.3, 0.4) is 0 Å². The smallest absolute Gasteiger partial charge is 0.417 e. The number of para-hydroxylation sites is 1. The van der Waals surface area contributed by atoms with Crippen LogP contribution in [0.4, 0.5) is 13.2 Å². The van der Waals surface area contributed by atoms with Gasteiger partial charge in [-0.05, 0) is 43.7 Å². The minimum Gasteiger partial charge on any atom is -0.487 e. The van der Waals surface area contributed by atoms with Gasteiger partial charge in [0.15, 0.2) is 0 Å². The highest BCUT2D eigenvalue weighted by atomic mass is 35.5. The number of halogens is 4. The van der Waals surface area contributed by atoms with Gasteiger partial charge < -0.3 is 13.9 Å². The van der Waals surface area contributed by atoms with Crippen LogP contribution in [0.5, 0.6) is 5.75 Å². The van der Waals surface area contributed by atoms with E-state index < -0.39 is 17.3 Å². The minimum absolute atomic E-state index is 0.0705. The van der Waals surface area contributed by atoms with Crippen LogP contribution in [-0.4, -0.2) is 24.1 Å². The van der Waals surface area contributed by atoms with Gasteiger partial charge >= 0.3 is 6.18 Å². The Bertz CT molecular complexity index is 1760. The molecule has 7 nitrogen and oxygen atoms in total. The van der Waals surface area contributed by atoms with Crippen molar-refractivity contribution in [2.24, 2.45) is 7.05 Å². The fourth-order valence-electron chi connectivity index (χ4n) is 4.40. The van der Waals surface area contributed by atoms with Crippen molar-refractivity contribution in [3.05, 3.63) is 105 Å². The number of hydrogen-bond acceptors (Lipinski definition) is 5. The molecule has 0 bridgehead atoms. The highest BCUT2D eigenvalue weighted by Gasteiger charge is 2.31. The van der Waals surface area contributed by atoms with Crippen LogP contribution in [-0.2, 0) is 26.4 Å². The third-order valence-electron chi connectivity index (χ3n) is 6.49. The summed E-state index contributed by atoms with van der Waals surface area (Å²) >= 11 is 6.22. The first-order valence-electron chi connectivity index (χ1n) is 11.9. The Morgan fingerprint density at radius 2 is 1.87 bits per heavy atom. The quantitative estimate of drug-likeness (QED) is 0.254. The van der Waals surface area contributed by atoms with E-state index in [0.717, 1.165) is 45.1 Å². The van der Waals surface area contributed by atoms with Crippen molar-refractivity contribution in [2.45, 2.75) is 33.2 Å². The van der Waals surface area contributed by atoms with Gasteiger partial charge in [-0.25, -0.2) is 9.97 Å². The largest absolute Gasteiger partial charge is 0.487 e.